The zero-order valence-corrected chi connectivity index (χ0v) is 13.1. The van der Waals surface area contributed by atoms with E-state index in [-0.39, 0.29) is 0 Å². The van der Waals surface area contributed by atoms with Gasteiger partial charge in [-0.3, -0.25) is 0 Å². The van der Waals surface area contributed by atoms with E-state index < -0.39 is 6.10 Å². The maximum atomic E-state index is 10.3. The summed E-state index contributed by atoms with van der Waals surface area (Å²) in [5.74, 6) is 0.742. The molecule has 1 atom stereocenters. The van der Waals surface area contributed by atoms with Crippen LogP contribution in [0.2, 0.25) is 4.34 Å². The molecule has 0 radical (unpaired) electrons. The van der Waals surface area contributed by atoms with Gasteiger partial charge in [0.05, 0.1) is 15.9 Å². The molecule has 18 heavy (non-hydrogen) atoms. The molecule has 2 rings (SSSR count). The van der Waals surface area contributed by atoms with Gasteiger partial charge < -0.3 is 9.84 Å². The fourth-order valence-corrected chi connectivity index (χ4v) is 3.43. The van der Waals surface area contributed by atoms with Crippen LogP contribution in [0.25, 0.3) is 0 Å². The quantitative estimate of drug-likeness (QED) is 0.882. The molecule has 1 unspecified atom stereocenters. The topological polar surface area (TPSA) is 29.5 Å². The summed E-state index contributed by atoms with van der Waals surface area (Å²) >= 11 is 10.8. The van der Waals surface area contributed by atoms with Crippen molar-refractivity contribution < 1.29 is 9.84 Å². The van der Waals surface area contributed by atoms with Gasteiger partial charge in [0, 0.05) is 4.88 Å². The lowest BCUT2D eigenvalue weighted by atomic mass is 10.1. The van der Waals surface area contributed by atoms with Crippen LogP contribution in [-0.4, -0.2) is 12.2 Å². The summed E-state index contributed by atoms with van der Waals surface area (Å²) in [7, 11) is 1.61. The van der Waals surface area contributed by atoms with Crippen LogP contribution in [0.3, 0.4) is 0 Å². The summed E-state index contributed by atoms with van der Waals surface area (Å²) in [5, 5.41) is 10.3. The molecule has 0 aliphatic rings. The van der Waals surface area contributed by atoms with Crippen molar-refractivity contribution in [2.75, 3.05) is 7.11 Å². The molecule has 0 saturated heterocycles. The third-order valence-corrected chi connectivity index (χ3v) is 4.86. The van der Waals surface area contributed by atoms with Gasteiger partial charge in [-0.2, -0.15) is 0 Å². The number of aliphatic hydroxyl groups excluding tert-OH is 1. The second-order valence-electron chi connectivity index (χ2n) is 3.90. The maximum Gasteiger partial charge on any atom is 0.133 e. The summed E-state index contributed by atoms with van der Waals surface area (Å²) in [6, 6.07) is 7.43. The first-order chi connectivity index (χ1) is 8.52. The molecule has 0 saturated carbocycles. The van der Waals surface area contributed by atoms with Crippen molar-refractivity contribution in [3.8, 4) is 5.75 Å². The van der Waals surface area contributed by atoms with Gasteiger partial charge in [-0.05, 0) is 52.2 Å². The van der Waals surface area contributed by atoms with Crippen LogP contribution in [0.15, 0.2) is 28.7 Å². The molecular weight excluding hydrogens is 336 g/mol. The predicted molar refractivity (Wildman–Crippen MR) is 78.8 cm³/mol. The van der Waals surface area contributed by atoms with Crippen LogP contribution in [0, 0.1) is 6.92 Å². The number of aliphatic hydroxyl groups is 1. The number of methoxy groups -OCH3 is 1. The molecule has 1 aromatic carbocycles. The molecule has 0 amide bonds. The molecule has 0 bridgehead atoms. The van der Waals surface area contributed by atoms with Gasteiger partial charge in [0.25, 0.3) is 0 Å². The van der Waals surface area contributed by atoms with Crippen LogP contribution in [0.4, 0.5) is 0 Å². The summed E-state index contributed by atoms with van der Waals surface area (Å²) < 4.78 is 6.70. The number of hydrogen-bond donors (Lipinski definition) is 1. The molecule has 2 nitrogen and oxygen atoms in total. The van der Waals surface area contributed by atoms with Crippen molar-refractivity contribution in [2.24, 2.45) is 0 Å². The third-order valence-electron chi connectivity index (χ3n) is 2.64. The molecule has 96 valence electrons. The second-order valence-corrected chi connectivity index (χ2v) is 6.44. The van der Waals surface area contributed by atoms with E-state index in [1.165, 1.54) is 11.3 Å². The van der Waals surface area contributed by atoms with Gasteiger partial charge in [0.15, 0.2) is 0 Å². The fraction of sp³-hybridized carbons (Fsp3) is 0.231. The average Bonchev–Trinajstić information content (AvgIpc) is 2.68. The largest absolute Gasteiger partial charge is 0.496 e. The van der Waals surface area contributed by atoms with Crippen molar-refractivity contribution in [3.05, 3.63) is 49.1 Å². The predicted octanol–water partition coefficient (Wildman–Crippen LogP) is 4.56. The van der Waals surface area contributed by atoms with Gasteiger partial charge >= 0.3 is 0 Å². The molecule has 1 heterocycles. The fourth-order valence-electron chi connectivity index (χ4n) is 1.64. The van der Waals surface area contributed by atoms with Crippen molar-refractivity contribution in [1.82, 2.24) is 0 Å². The van der Waals surface area contributed by atoms with Crippen LogP contribution in [-0.2, 0) is 0 Å². The number of halogens is 2. The van der Waals surface area contributed by atoms with Gasteiger partial charge in [-0.15, -0.1) is 11.3 Å². The zero-order chi connectivity index (χ0) is 13.3. The Bertz CT molecular complexity index is 549. The Hall–Kier alpha value is -0.550. The Morgan fingerprint density at radius 2 is 2.11 bits per heavy atom. The van der Waals surface area contributed by atoms with E-state index in [4.69, 9.17) is 16.3 Å². The molecule has 0 spiro atoms. The lowest BCUT2D eigenvalue weighted by molar-refractivity contribution is 0.224. The Kier molecular flexibility index (Phi) is 4.33. The highest BCUT2D eigenvalue weighted by Crippen LogP contribution is 2.36. The Morgan fingerprint density at radius 3 is 2.61 bits per heavy atom. The van der Waals surface area contributed by atoms with E-state index in [0.717, 1.165) is 30.6 Å². The molecule has 1 aromatic heterocycles. The van der Waals surface area contributed by atoms with Crippen LogP contribution in [0.5, 0.6) is 5.75 Å². The van der Waals surface area contributed by atoms with Gasteiger partial charge in [0.1, 0.15) is 11.9 Å². The number of thiophene rings is 1. The van der Waals surface area contributed by atoms with E-state index >= 15 is 0 Å². The number of rotatable bonds is 3. The van der Waals surface area contributed by atoms with Crippen LogP contribution < -0.4 is 4.74 Å². The van der Waals surface area contributed by atoms with E-state index in [2.05, 4.69) is 15.9 Å². The average molecular weight is 348 g/mol. The number of benzene rings is 1. The highest BCUT2D eigenvalue weighted by molar-refractivity contribution is 9.10. The Balaban J connectivity index is 2.33. The van der Waals surface area contributed by atoms with E-state index in [0.29, 0.717) is 0 Å². The maximum absolute atomic E-state index is 10.3. The molecule has 0 aliphatic heterocycles. The summed E-state index contributed by atoms with van der Waals surface area (Å²) in [6.45, 7) is 1.93. The standard InChI is InChI=1S/C13H12BrClO2S/c1-7-5-11(18-13(7)15)12(16)8-3-4-10(17-2)9(14)6-8/h3-6,12,16H,1-2H3. The van der Waals surface area contributed by atoms with E-state index in [9.17, 15) is 5.11 Å². The van der Waals surface area contributed by atoms with Gasteiger partial charge in [-0.1, -0.05) is 17.7 Å². The first-order valence-corrected chi connectivity index (χ1v) is 7.29. The SMILES string of the molecule is COc1ccc(C(O)c2cc(C)c(Cl)s2)cc1Br. The number of hydrogen-bond acceptors (Lipinski definition) is 3. The summed E-state index contributed by atoms with van der Waals surface area (Å²) in [4.78, 5) is 0.842. The number of ether oxygens (including phenoxy) is 1. The molecule has 1 N–H and O–H groups in total. The highest BCUT2D eigenvalue weighted by Gasteiger charge is 2.16. The summed E-state index contributed by atoms with van der Waals surface area (Å²) in [6.07, 6.45) is -0.664. The van der Waals surface area contributed by atoms with E-state index in [1.54, 1.807) is 7.11 Å². The smallest absolute Gasteiger partial charge is 0.133 e. The Labute approximate surface area is 123 Å². The molecule has 0 fully saturated rings. The minimum absolute atomic E-state index is 0.664. The van der Waals surface area contributed by atoms with Crippen LogP contribution in [0.1, 0.15) is 22.1 Å². The molecule has 0 aliphatic carbocycles. The second kappa shape index (κ2) is 5.61. The third kappa shape index (κ3) is 2.72. The minimum Gasteiger partial charge on any atom is -0.496 e. The Morgan fingerprint density at radius 1 is 1.39 bits per heavy atom. The lowest BCUT2D eigenvalue weighted by Crippen LogP contribution is -1.97. The van der Waals surface area contributed by atoms with Crippen molar-refractivity contribution in [1.29, 1.82) is 0 Å². The zero-order valence-electron chi connectivity index (χ0n) is 9.91. The first kappa shape index (κ1) is 13.9. The van der Waals surface area contributed by atoms with Crippen LogP contribution >= 0.6 is 38.9 Å². The van der Waals surface area contributed by atoms with Crippen molar-refractivity contribution in [2.45, 2.75) is 13.0 Å². The molecule has 5 heteroatoms. The lowest BCUT2D eigenvalue weighted by Gasteiger charge is -2.11. The summed E-state index contributed by atoms with van der Waals surface area (Å²) in [5.41, 5.74) is 1.80. The highest BCUT2D eigenvalue weighted by atomic mass is 79.9. The normalized spacial score (nSPS) is 12.5. The van der Waals surface area contributed by atoms with Crippen molar-refractivity contribution >= 4 is 38.9 Å². The van der Waals surface area contributed by atoms with Gasteiger partial charge in [-0.25, -0.2) is 0 Å². The first-order valence-electron chi connectivity index (χ1n) is 5.30. The monoisotopic (exact) mass is 346 g/mol. The van der Waals surface area contributed by atoms with E-state index in [1.807, 2.05) is 31.2 Å². The minimum atomic E-state index is -0.664. The number of aryl methyl sites for hydroxylation is 1. The molecular formula is C13H12BrClO2S. The van der Waals surface area contributed by atoms with Gasteiger partial charge in [0.2, 0.25) is 0 Å². The molecule has 2 aromatic rings. The van der Waals surface area contributed by atoms with Crippen molar-refractivity contribution in [3.63, 3.8) is 0 Å².